The fourth-order valence-electron chi connectivity index (χ4n) is 5.11. The molecule has 0 unspecified atom stereocenters. The molecule has 1 amide bonds. The lowest BCUT2D eigenvalue weighted by Crippen LogP contribution is -2.41. The molecule has 10 nitrogen and oxygen atoms in total. The molecule has 44 heavy (non-hydrogen) atoms. The fraction of sp³-hybridized carbons (Fsp3) is 0.333. The van der Waals surface area contributed by atoms with E-state index in [1.165, 1.54) is 6.92 Å². The van der Waals surface area contributed by atoms with Gasteiger partial charge in [0.15, 0.2) is 5.78 Å². The van der Waals surface area contributed by atoms with Gasteiger partial charge in [-0.1, -0.05) is 51.1 Å². The number of carbonyl (C=O) groups is 2. The van der Waals surface area contributed by atoms with Crippen molar-refractivity contribution in [2.75, 3.05) is 44.1 Å². The molecule has 0 atom stereocenters. The number of rotatable bonds is 9. The first-order chi connectivity index (χ1) is 20.9. The molecule has 2 heterocycles. The van der Waals surface area contributed by atoms with Crippen molar-refractivity contribution in [3.05, 3.63) is 77.9 Å². The molecule has 0 radical (unpaired) electrons. The maximum absolute atomic E-state index is 13.3. The van der Waals surface area contributed by atoms with Gasteiger partial charge in [0.1, 0.15) is 0 Å². The van der Waals surface area contributed by atoms with Crippen molar-refractivity contribution in [1.29, 1.82) is 0 Å². The second-order valence-corrected chi connectivity index (χ2v) is 13.6. The second kappa shape index (κ2) is 12.8. The van der Waals surface area contributed by atoms with E-state index in [2.05, 4.69) is 40.7 Å². The maximum atomic E-state index is 13.3. The molecule has 1 fully saturated rings. The summed E-state index contributed by atoms with van der Waals surface area (Å²) in [5, 5.41) is 3.41. The number of Topliss-reactive ketones (excluding diaryl/α,β-unsaturated/α-hetero) is 1. The summed E-state index contributed by atoms with van der Waals surface area (Å²) in [6, 6.07) is 18.9. The topological polar surface area (TPSA) is 130 Å². The van der Waals surface area contributed by atoms with E-state index in [4.69, 9.17) is 9.47 Å². The van der Waals surface area contributed by atoms with Gasteiger partial charge in [0, 0.05) is 48.3 Å². The van der Waals surface area contributed by atoms with Gasteiger partial charge >= 0.3 is 6.09 Å². The summed E-state index contributed by atoms with van der Waals surface area (Å²) in [7, 11) is -3.88. The molecule has 1 aliphatic rings. The van der Waals surface area contributed by atoms with Crippen LogP contribution in [0.25, 0.3) is 22.0 Å². The Kier molecular flexibility index (Phi) is 9.10. The molecular formula is C33H38N4O6S. The van der Waals surface area contributed by atoms with Crippen molar-refractivity contribution in [2.45, 2.75) is 38.0 Å². The summed E-state index contributed by atoms with van der Waals surface area (Å²) >= 11 is 0. The lowest BCUT2D eigenvalue weighted by molar-refractivity contribution is 0.0385. The Bertz CT molecular complexity index is 1770. The number of hydrogen-bond acceptors (Lipinski definition) is 7. The molecule has 5 rings (SSSR count). The monoisotopic (exact) mass is 618 g/mol. The Morgan fingerprint density at radius 2 is 1.73 bits per heavy atom. The van der Waals surface area contributed by atoms with E-state index in [1.54, 1.807) is 48.5 Å². The lowest BCUT2D eigenvalue weighted by Gasteiger charge is -2.26. The standard InChI is InChI=1S/C33H38N4O6S/c1-22(38)23-6-5-7-24(20-23)30-28-21-26(36-44(40,41)27-11-8-25(9-12-27)33(2,3)4)10-13-29(28)35-31(30)43-32(39)34-14-15-37-16-18-42-19-17-37/h5-13,20-21,35-36H,14-19H2,1-4H3,(H,34,39). The molecule has 3 N–H and O–H groups in total. The Labute approximate surface area is 257 Å². The van der Waals surface area contributed by atoms with Crippen LogP contribution in [0.1, 0.15) is 43.6 Å². The second-order valence-electron chi connectivity index (χ2n) is 11.9. The number of carbonyl (C=O) groups excluding carboxylic acids is 2. The molecule has 0 saturated carbocycles. The van der Waals surface area contributed by atoms with E-state index in [0.717, 1.165) is 18.7 Å². The van der Waals surface area contributed by atoms with Gasteiger partial charge in [-0.25, -0.2) is 13.2 Å². The van der Waals surface area contributed by atoms with Crippen LogP contribution >= 0.6 is 0 Å². The van der Waals surface area contributed by atoms with E-state index in [0.29, 0.717) is 59.6 Å². The highest BCUT2D eigenvalue weighted by molar-refractivity contribution is 7.92. The quantitative estimate of drug-likeness (QED) is 0.210. The molecule has 1 aromatic heterocycles. The van der Waals surface area contributed by atoms with Crippen molar-refractivity contribution in [3.63, 3.8) is 0 Å². The Balaban J connectivity index is 1.44. The lowest BCUT2D eigenvalue weighted by atomic mass is 9.87. The highest BCUT2D eigenvalue weighted by Crippen LogP contribution is 2.39. The predicted molar refractivity (Wildman–Crippen MR) is 171 cm³/mol. The molecule has 1 saturated heterocycles. The van der Waals surface area contributed by atoms with Gasteiger partial charge in [0.25, 0.3) is 10.0 Å². The van der Waals surface area contributed by atoms with Crippen molar-refractivity contribution in [3.8, 4) is 17.0 Å². The van der Waals surface area contributed by atoms with Crippen LogP contribution in [0.2, 0.25) is 0 Å². The van der Waals surface area contributed by atoms with Crippen molar-refractivity contribution >= 4 is 38.5 Å². The molecule has 232 valence electrons. The minimum absolute atomic E-state index is 0.107. The minimum atomic E-state index is -3.88. The molecule has 1 aliphatic heterocycles. The molecule has 3 aromatic carbocycles. The van der Waals surface area contributed by atoms with Crippen LogP contribution in [0, 0.1) is 0 Å². The molecule has 4 aromatic rings. The van der Waals surface area contributed by atoms with Crippen LogP contribution in [-0.2, 0) is 20.2 Å². The predicted octanol–water partition coefficient (Wildman–Crippen LogP) is 5.56. The third kappa shape index (κ3) is 7.29. The average Bonchev–Trinajstić information content (AvgIpc) is 3.34. The first-order valence-corrected chi connectivity index (χ1v) is 16.1. The van der Waals surface area contributed by atoms with Gasteiger partial charge in [-0.3, -0.25) is 14.4 Å². The number of sulfonamides is 1. The third-order valence-electron chi connectivity index (χ3n) is 7.60. The summed E-state index contributed by atoms with van der Waals surface area (Å²) < 4.78 is 40.4. The summed E-state index contributed by atoms with van der Waals surface area (Å²) in [5.41, 5.74) is 3.54. The number of benzene rings is 3. The van der Waals surface area contributed by atoms with Crippen molar-refractivity contribution in [1.82, 2.24) is 15.2 Å². The van der Waals surface area contributed by atoms with Gasteiger partial charge in [-0.2, -0.15) is 0 Å². The summed E-state index contributed by atoms with van der Waals surface area (Å²) in [4.78, 5) is 30.5. The number of fused-ring (bicyclic) bond motifs is 1. The number of nitrogens with zero attached hydrogens (tertiary/aromatic N) is 1. The SMILES string of the molecule is CC(=O)c1cccc(-c2c(OC(=O)NCCN3CCOCC3)[nH]c3ccc(NS(=O)(=O)c4ccc(C(C)(C)C)cc4)cc23)c1. The highest BCUT2D eigenvalue weighted by Gasteiger charge is 2.22. The van der Waals surface area contributed by atoms with Crippen LogP contribution in [0.15, 0.2) is 71.6 Å². The van der Waals surface area contributed by atoms with Crippen molar-refractivity contribution < 1.29 is 27.5 Å². The number of aromatic nitrogens is 1. The molecule has 0 spiro atoms. The van der Waals surface area contributed by atoms with E-state index in [1.807, 2.05) is 18.2 Å². The number of anilines is 1. The zero-order valence-electron chi connectivity index (χ0n) is 25.4. The average molecular weight is 619 g/mol. The first-order valence-electron chi connectivity index (χ1n) is 14.6. The van der Waals surface area contributed by atoms with E-state index in [9.17, 15) is 18.0 Å². The normalized spacial score (nSPS) is 14.4. The molecule has 0 bridgehead atoms. The fourth-order valence-corrected chi connectivity index (χ4v) is 6.15. The third-order valence-corrected chi connectivity index (χ3v) is 9.00. The molecule has 0 aliphatic carbocycles. The van der Waals surface area contributed by atoms with Gasteiger partial charge in [-0.05, 0) is 59.9 Å². The zero-order chi connectivity index (χ0) is 31.5. The van der Waals surface area contributed by atoms with Crippen LogP contribution < -0.4 is 14.8 Å². The Morgan fingerprint density at radius 3 is 2.41 bits per heavy atom. The summed E-state index contributed by atoms with van der Waals surface area (Å²) in [6.07, 6.45) is -0.631. The number of aromatic amines is 1. The van der Waals surface area contributed by atoms with Gasteiger partial charge in [-0.15, -0.1) is 0 Å². The first kappa shape index (κ1) is 31.2. The van der Waals surface area contributed by atoms with Gasteiger partial charge in [0.2, 0.25) is 5.88 Å². The zero-order valence-corrected chi connectivity index (χ0v) is 26.2. The number of ketones is 1. The number of H-pyrrole nitrogens is 1. The minimum Gasteiger partial charge on any atom is -0.393 e. The van der Waals surface area contributed by atoms with Crippen LogP contribution in [0.3, 0.4) is 0 Å². The smallest absolute Gasteiger partial charge is 0.393 e. The largest absolute Gasteiger partial charge is 0.413 e. The van der Waals surface area contributed by atoms with E-state index in [-0.39, 0.29) is 22.0 Å². The van der Waals surface area contributed by atoms with Gasteiger partial charge in [0.05, 0.1) is 23.7 Å². The maximum Gasteiger partial charge on any atom is 0.413 e. The molecule has 11 heteroatoms. The van der Waals surface area contributed by atoms with Crippen LogP contribution in [-0.4, -0.2) is 69.6 Å². The van der Waals surface area contributed by atoms with Crippen LogP contribution in [0.5, 0.6) is 5.88 Å². The number of ether oxygens (including phenoxy) is 2. The number of amides is 1. The van der Waals surface area contributed by atoms with E-state index < -0.39 is 16.1 Å². The Morgan fingerprint density at radius 1 is 1.00 bits per heavy atom. The van der Waals surface area contributed by atoms with Crippen LogP contribution in [0.4, 0.5) is 10.5 Å². The van der Waals surface area contributed by atoms with Gasteiger partial charge < -0.3 is 19.8 Å². The molecular weight excluding hydrogens is 580 g/mol. The summed E-state index contributed by atoms with van der Waals surface area (Å²) in [6.45, 7) is 11.7. The number of hydrogen-bond donors (Lipinski definition) is 3. The van der Waals surface area contributed by atoms with E-state index >= 15 is 0 Å². The summed E-state index contributed by atoms with van der Waals surface area (Å²) in [5.74, 6) is 0.0725. The highest BCUT2D eigenvalue weighted by atomic mass is 32.2. The van der Waals surface area contributed by atoms with Crippen molar-refractivity contribution in [2.24, 2.45) is 0 Å². The number of morpholine rings is 1. The number of nitrogens with one attached hydrogen (secondary N) is 3. The Hall–Kier alpha value is -4.19.